The van der Waals surface area contributed by atoms with Crippen molar-refractivity contribution in [3.8, 4) is 0 Å². The highest BCUT2D eigenvalue weighted by Crippen LogP contribution is 2.29. The van der Waals surface area contributed by atoms with Gasteiger partial charge in [-0.1, -0.05) is 18.6 Å². The number of likely N-dealkylation sites (tertiary alicyclic amines) is 1. The quantitative estimate of drug-likeness (QED) is 0.940. The second kappa shape index (κ2) is 6.16. The van der Waals surface area contributed by atoms with Crippen LogP contribution in [0.4, 0.5) is 0 Å². The van der Waals surface area contributed by atoms with Crippen LogP contribution in [0.15, 0.2) is 24.3 Å². The van der Waals surface area contributed by atoms with Gasteiger partial charge in [-0.2, -0.15) is 0 Å². The van der Waals surface area contributed by atoms with E-state index in [0.717, 1.165) is 23.4 Å². The van der Waals surface area contributed by atoms with Crippen molar-refractivity contribution in [3.63, 3.8) is 0 Å². The second-order valence-electron chi connectivity index (χ2n) is 6.09. The van der Waals surface area contributed by atoms with Gasteiger partial charge in [-0.3, -0.25) is 4.90 Å². The molecule has 0 radical (unpaired) electrons. The van der Waals surface area contributed by atoms with Crippen molar-refractivity contribution in [2.45, 2.75) is 51.7 Å². The van der Waals surface area contributed by atoms with Crippen molar-refractivity contribution in [2.24, 2.45) is 0 Å². The number of aliphatic hydroxyl groups excluding tert-OH is 1. The summed E-state index contributed by atoms with van der Waals surface area (Å²) in [5.74, 6) is 1.08. The van der Waals surface area contributed by atoms with Crippen LogP contribution in [0.5, 0.6) is 0 Å². The Morgan fingerprint density at radius 2 is 2.14 bits per heavy atom. The van der Waals surface area contributed by atoms with Crippen molar-refractivity contribution in [3.05, 3.63) is 30.1 Å². The van der Waals surface area contributed by atoms with E-state index < -0.39 is 0 Å². The van der Waals surface area contributed by atoms with Crippen LogP contribution in [0.1, 0.15) is 45.0 Å². The van der Waals surface area contributed by atoms with Crippen LogP contribution in [0.3, 0.4) is 0 Å². The summed E-state index contributed by atoms with van der Waals surface area (Å²) >= 11 is 0. The highest BCUT2D eigenvalue weighted by molar-refractivity contribution is 5.76. The third kappa shape index (κ3) is 2.70. The molecule has 1 aliphatic rings. The number of hydrogen-bond donors (Lipinski definition) is 1. The molecular weight excluding hydrogens is 262 g/mol. The summed E-state index contributed by atoms with van der Waals surface area (Å²) in [6.45, 7) is 6.47. The van der Waals surface area contributed by atoms with Gasteiger partial charge < -0.3 is 9.67 Å². The molecule has 0 saturated carbocycles. The van der Waals surface area contributed by atoms with Crippen LogP contribution < -0.4 is 0 Å². The van der Waals surface area contributed by atoms with Gasteiger partial charge in [0.2, 0.25) is 0 Å². The van der Waals surface area contributed by atoms with Crippen LogP contribution in [0.25, 0.3) is 11.0 Å². The lowest BCUT2D eigenvalue weighted by molar-refractivity contribution is 0.107. The molecule has 2 atom stereocenters. The Kier molecular flexibility index (Phi) is 4.27. The van der Waals surface area contributed by atoms with E-state index in [1.165, 1.54) is 19.3 Å². The molecule has 1 aromatic carbocycles. The molecule has 0 spiro atoms. The van der Waals surface area contributed by atoms with E-state index in [9.17, 15) is 5.11 Å². The molecule has 1 aliphatic heterocycles. The van der Waals surface area contributed by atoms with E-state index in [4.69, 9.17) is 4.98 Å². The maximum absolute atomic E-state index is 9.40. The van der Waals surface area contributed by atoms with E-state index in [1.807, 2.05) is 12.1 Å². The van der Waals surface area contributed by atoms with Gasteiger partial charge in [0.1, 0.15) is 5.82 Å². The SMILES string of the molecule is CC1CCCCN1C(C)c1nc2ccccc2n1CCO. The molecule has 2 heterocycles. The number of nitrogens with zero attached hydrogens (tertiary/aromatic N) is 3. The summed E-state index contributed by atoms with van der Waals surface area (Å²) in [6.07, 6.45) is 3.87. The van der Waals surface area contributed by atoms with Gasteiger partial charge in [0.15, 0.2) is 0 Å². The number of benzene rings is 1. The third-order valence-corrected chi connectivity index (χ3v) is 4.73. The fourth-order valence-electron chi connectivity index (χ4n) is 3.59. The van der Waals surface area contributed by atoms with Crippen molar-refractivity contribution >= 4 is 11.0 Å². The first-order valence-corrected chi connectivity index (χ1v) is 8.04. The third-order valence-electron chi connectivity index (χ3n) is 4.73. The van der Waals surface area contributed by atoms with E-state index in [2.05, 4.69) is 35.4 Å². The molecule has 4 nitrogen and oxygen atoms in total. The van der Waals surface area contributed by atoms with Gasteiger partial charge in [0, 0.05) is 12.6 Å². The van der Waals surface area contributed by atoms with E-state index >= 15 is 0 Å². The summed E-state index contributed by atoms with van der Waals surface area (Å²) in [5.41, 5.74) is 2.15. The molecule has 3 rings (SSSR count). The Morgan fingerprint density at radius 3 is 2.90 bits per heavy atom. The highest BCUT2D eigenvalue weighted by Gasteiger charge is 2.27. The molecule has 21 heavy (non-hydrogen) atoms. The molecule has 1 aromatic heterocycles. The molecular formula is C17H25N3O. The van der Waals surface area contributed by atoms with Crippen LogP contribution in [0.2, 0.25) is 0 Å². The summed E-state index contributed by atoms with van der Waals surface area (Å²) in [6, 6.07) is 9.11. The van der Waals surface area contributed by atoms with Gasteiger partial charge in [-0.25, -0.2) is 4.98 Å². The van der Waals surface area contributed by atoms with Gasteiger partial charge in [0.25, 0.3) is 0 Å². The van der Waals surface area contributed by atoms with Gasteiger partial charge in [-0.05, 0) is 45.4 Å². The average molecular weight is 287 g/mol. The zero-order valence-corrected chi connectivity index (χ0v) is 13.0. The van der Waals surface area contributed by atoms with Crippen molar-refractivity contribution in [2.75, 3.05) is 13.2 Å². The van der Waals surface area contributed by atoms with Crippen LogP contribution in [-0.4, -0.2) is 38.8 Å². The fourth-order valence-corrected chi connectivity index (χ4v) is 3.59. The lowest BCUT2D eigenvalue weighted by Gasteiger charge is -2.37. The number of hydrogen-bond acceptors (Lipinski definition) is 3. The molecule has 114 valence electrons. The zero-order chi connectivity index (χ0) is 14.8. The maximum atomic E-state index is 9.40. The number of aliphatic hydroxyl groups is 1. The van der Waals surface area contributed by atoms with Crippen molar-refractivity contribution in [1.82, 2.24) is 14.5 Å². The first kappa shape index (κ1) is 14.5. The van der Waals surface area contributed by atoms with Crippen LogP contribution >= 0.6 is 0 Å². The normalized spacial score (nSPS) is 21.8. The van der Waals surface area contributed by atoms with E-state index in [-0.39, 0.29) is 6.61 Å². The Morgan fingerprint density at radius 1 is 1.33 bits per heavy atom. The Labute approximate surface area is 126 Å². The van der Waals surface area contributed by atoms with Crippen LogP contribution in [-0.2, 0) is 6.54 Å². The Hall–Kier alpha value is -1.39. The minimum Gasteiger partial charge on any atom is -0.395 e. The molecule has 0 aliphatic carbocycles. The Bertz CT molecular complexity index is 607. The lowest BCUT2D eigenvalue weighted by atomic mass is 10.0. The topological polar surface area (TPSA) is 41.3 Å². The molecule has 2 unspecified atom stereocenters. The van der Waals surface area contributed by atoms with Crippen molar-refractivity contribution in [1.29, 1.82) is 0 Å². The molecule has 0 bridgehead atoms. The van der Waals surface area contributed by atoms with Gasteiger partial charge >= 0.3 is 0 Å². The molecule has 1 fully saturated rings. The number of rotatable bonds is 4. The maximum Gasteiger partial charge on any atom is 0.127 e. The summed E-state index contributed by atoms with van der Waals surface area (Å²) in [4.78, 5) is 7.41. The predicted molar refractivity (Wildman–Crippen MR) is 85.3 cm³/mol. The number of imidazole rings is 1. The standard InChI is InChI=1S/C17H25N3O/c1-13-7-5-6-10-19(13)14(2)17-18-15-8-3-4-9-16(15)20(17)11-12-21/h3-4,8-9,13-14,21H,5-7,10-12H2,1-2H3. The Balaban J connectivity index is 1.99. The number of aromatic nitrogens is 2. The molecule has 4 heteroatoms. The molecule has 2 aromatic rings. The van der Waals surface area contributed by atoms with Gasteiger partial charge in [-0.15, -0.1) is 0 Å². The minimum atomic E-state index is 0.148. The number of fused-ring (bicyclic) bond motifs is 1. The second-order valence-corrected chi connectivity index (χ2v) is 6.09. The smallest absolute Gasteiger partial charge is 0.127 e. The average Bonchev–Trinajstić information content (AvgIpc) is 2.87. The molecule has 1 saturated heterocycles. The molecule has 0 amide bonds. The molecule has 1 N–H and O–H groups in total. The lowest BCUT2D eigenvalue weighted by Crippen LogP contribution is -2.40. The summed E-state index contributed by atoms with van der Waals surface area (Å²) in [7, 11) is 0. The summed E-state index contributed by atoms with van der Waals surface area (Å²) in [5, 5.41) is 9.40. The van der Waals surface area contributed by atoms with E-state index in [0.29, 0.717) is 18.6 Å². The zero-order valence-electron chi connectivity index (χ0n) is 13.0. The largest absolute Gasteiger partial charge is 0.395 e. The monoisotopic (exact) mass is 287 g/mol. The van der Waals surface area contributed by atoms with E-state index in [1.54, 1.807) is 0 Å². The fraction of sp³-hybridized carbons (Fsp3) is 0.588. The minimum absolute atomic E-state index is 0.148. The predicted octanol–water partition coefficient (Wildman–Crippen LogP) is 2.96. The van der Waals surface area contributed by atoms with Crippen molar-refractivity contribution < 1.29 is 5.11 Å². The highest BCUT2D eigenvalue weighted by atomic mass is 16.3. The number of piperidine rings is 1. The van der Waals surface area contributed by atoms with Crippen LogP contribution in [0, 0.1) is 0 Å². The first-order chi connectivity index (χ1) is 10.2. The first-order valence-electron chi connectivity index (χ1n) is 8.04. The summed E-state index contributed by atoms with van der Waals surface area (Å²) < 4.78 is 2.18. The van der Waals surface area contributed by atoms with Gasteiger partial charge in [0.05, 0.1) is 23.7 Å². The number of para-hydroxylation sites is 2.